The Balaban J connectivity index is 2.06. The van der Waals surface area contributed by atoms with Crippen LogP contribution in [-0.4, -0.2) is 37.8 Å². The average Bonchev–Trinajstić information content (AvgIpc) is 2.70. The van der Waals surface area contributed by atoms with Gasteiger partial charge in [-0.3, -0.25) is 4.79 Å². The normalized spacial score (nSPS) is 12.6. The van der Waals surface area contributed by atoms with Crippen molar-refractivity contribution >= 4 is 44.8 Å². The Morgan fingerprint density at radius 1 is 1.07 bits per heavy atom. The molecule has 0 aliphatic heterocycles. The van der Waals surface area contributed by atoms with Gasteiger partial charge in [-0.25, -0.2) is 8.42 Å². The molecule has 1 atom stereocenters. The minimum atomic E-state index is -3.57. The van der Waals surface area contributed by atoms with Gasteiger partial charge < -0.3 is 10.1 Å². The second-order valence-corrected chi connectivity index (χ2v) is 9.53. The van der Waals surface area contributed by atoms with Gasteiger partial charge in [-0.1, -0.05) is 37.0 Å². The third-order valence-corrected chi connectivity index (χ3v) is 6.72. The van der Waals surface area contributed by atoms with E-state index in [9.17, 15) is 13.2 Å². The van der Waals surface area contributed by atoms with E-state index >= 15 is 0 Å². The van der Waals surface area contributed by atoms with Gasteiger partial charge >= 0.3 is 0 Å². The molecule has 0 radical (unpaired) electrons. The number of ether oxygens (including phenoxy) is 1. The molecule has 1 N–H and O–H groups in total. The summed E-state index contributed by atoms with van der Waals surface area (Å²) in [6, 6.07) is 10.8. The minimum Gasteiger partial charge on any atom is -0.479 e. The summed E-state index contributed by atoms with van der Waals surface area (Å²) in [5, 5.41) is 3.48. The highest BCUT2D eigenvalue weighted by molar-refractivity contribution is 7.89. The number of sulfonamides is 1. The summed E-state index contributed by atoms with van der Waals surface area (Å²) in [6.45, 7) is 6.41. The third-order valence-electron chi connectivity index (χ3n) is 4.27. The van der Waals surface area contributed by atoms with Gasteiger partial charge in [0.2, 0.25) is 10.0 Å². The van der Waals surface area contributed by atoms with Gasteiger partial charge in [0.1, 0.15) is 5.75 Å². The fourth-order valence-corrected chi connectivity index (χ4v) is 4.85. The summed E-state index contributed by atoms with van der Waals surface area (Å²) in [7, 11) is -3.57. The van der Waals surface area contributed by atoms with E-state index in [0.717, 1.165) is 12.8 Å². The molecule has 2 aromatic carbocycles. The lowest BCUT2D eigenvalue weighted by Crippen LogP contribution is -2.32. The highest BCUT2D eigenvalue weighted by Crippen LogP contribution is 2.28. The van der Waals surface area contributed by atoms with Crippen LogP contribution >= 0.6 is 23.2 Å². The average molecular weight is 473 g/mol. The van der Waals surface area contributed by atoms with E-state index in [-0.39, 0.29) is 4.90 Å². The summed E-state index contributed by atoms with van der Waals surface area (Å²) in [5.41, 5.74) is 0.467. The summed E-state index contributed by atoms with van der Waals surface area (Å²) in [4.78, 5) is 12.6. The number of hydrogen-bond acceptors (Lipinski definition) is 4. The Morgan fingerprint density at radius 3 is 2.20 bits per heavy atom. The Kier molecular flexibility index (Phi) is 8.97. The summed E-state index contributed by atoms with van der Waals surface area (Å²) >= 11 is 11.9. The maximum Gasteiger partial charge on any atom is 0.265 e. The van der Waals surface area contributed by atoms with Crippen LogP contribution in [0.5, 0.6) is 5.75 Å². The lowest BCUT2D eigenvalue weighted by atomic mass is 10.3. The molecule has 0 aliphatic carbocycles. The summed E-state index contributed by atoms with van der Waals surface area (Å²) in [5.74, 6) is -0.0488. The van der Waals surface area contributed by atoms with E-state index in [0.29, 0.717) is 34.6 Å². The maximum absolute atomic E-state index is 12.8. The zero-order chi connectivity index (χ0) is 22.3. The van der Waals surface area contributed by atoms with Crippen LogP contribution in [0.1, 0.15) is 33.6 Å². The van der Waals surface area contributed by atoms with Crippen LogP contribution in [0.3, 0.4) is 0 Å². The van der Waals surface area contributed by atoms with Gasteiger partial charge in [0.05, 0.1) is 9.92 Å². The van der Waals surface area contributed by atoms with Crippen LogP contribution < -0.4 is 10.1 Å². The number of nitrogens with one attached hydrogen (secondary N) is 1. The molecule has 164 valence electrons. The monoisotopic (exact) mass is 472 g/mol. The molecule has 0 fully saturated rings. The van der Waals surface area contributed by atoms with E-state index < -0.39 is 22.0 Å². The molecule has 30 heavy (non-hydrogen) atoms. The molecule has 0 spiro atoms. The van der Waals surface area contributed by atoms with Crippen molar-refractivity contribution in [3.05, 3.63) is 52.5 Å². The number of carbonyl (C=O) groups excluding carboxylic acids is 1. The molecule has 0 saturated heterocycles. The quantitative estimate of drug-likeness (QED) is 0.514. The van der Waals surface area contributed by atoms with Crippen molar-refractivity contribution < 1.29 is 17.9 Å². The van der Waals surface area contributed by atoms with Crippen molar-refractivity contribution in [1.82, 2.24) is 4.31 Å². The number of benzene rings is 2. The highest BCUT2D eigenvalue weighted by atomic mass is 35.5. The molecular formula is C21H26Cl2N2O4S. The Labute approximate surface area is 188 Å². The highest BCUT2D eigenvalue weighted by Gasteiger charge is 2.23. The van der Waals surface area contributed by atoms with Gasteiger partial charge in [-0.2, -0.15) is 4.31 Å². The molecule has 0 aliphatic rings. The fraction of sp³-hybridized carbons (Fsp3) is 0.381. The molecular weight excluding hydrogens is 447 g/mol. The summed E-state index contributed by atoms with van der Waals surface area (Å²) in [6.07, 6.45) is 0.655. The Morgan fingerprint density at radius 2 is 1.67 bits per heavy atom. The number of halogens is 2. The van der Waals surface area contributed by atoms with Gasteiger partial charge in [-0.15, -0.1) is 0 Å². The molecule has 6 nitrogen and oxygen atoms in total. The van der Waals surface area contributed by atoms with E-state index in [1.807, 2.05) is 13.8 Å². The first-order chi connectivity index (χ1) is 14.2. The standard InChI is InChI=1S/C21H26Cl2N2O4S/c1-4-12-25(13-5-2)30(27,28)18-9-7-17(8-10-18)24-21(26)15(3)29-20-11-6-16(22)14-19(20)23/h6-11,14-15H,4-5,12-13H2,1-3H3,(H,24,26). The number of amides is 1. The van der Waals surface area contributed by atoms with Crippen LogP contribution in [0.25, 0.3) is 0 Å². The second kappa shape index (κ2) is 11.0. The number of rotatable bonds is 10. The van der Waals surface area contributed by atoms with E-state index in [1.54, 1.807) is 31.2 Å². The zero-order valence-electron chi connectivity index (χ0n) is 17.2. The SMILES string of the molecule is CCCN(CCC)S(=O)(=O)c1ccc(NC(=O)C(C)Oc2ccc(Cl)cc2Cl)cc1. The predicted molar refractivity (Wildman–Crippen MR) is 121 cm³/mol. The van der Waals surface area contributed by atoms with Crippen LogP contribution in [-0.2, 0) is 14.8 Å². The smallest absolute Gasteiger partial charge is 0.265 e. The summed E-state index contributed by atoms with van der Waals surface area (Å²) < 4.78 is 32.7. The van der Waals surface area contributed by atoms with Crippen molar-refractivity contribution in [2.75, 3.05) is 18.4 Å². The molecule has 0 heterocycles. The van der Waals surface area contributed by atoms with Crippen LogP contribution in [0.15, 0.2) is 47.4 Å². The van der Waals surface area contributed by atoms with Gasteiger partial charge in [0, 0.05) is 23.8 Å². The molecule has 0 saturated carbocycles. The van der Waals surface area contributed by atoms with Gasteiger partial charge in [0.15, 0.2) is 6.10 Å². The first-order valence-electron chi connectivity index (χ1n) is 9.71. The van der Waals surface area contributed by atoms with Crippen LogP contribution in [0.4, 0.5) is 5.69 Å². The zero-order valence-corrected chi connectivity index (χ0v) is 19.5. The van der Waals surface area contributed by atoms with E-state index in [1.165, 1.54) is 22.5 Å². The Hall–Kier alpha value is -1.80. The maximum atomic E-state index is 12.8. The predicted octanol–water partition coefficient (Wildman–Crippen LogP) is 5.21. The largest absolute Gasteiger partial charge is 0.479 e. The van der Waals surface area contributed by atoms with E-state index in [2.05, 4.69) is 5.32 Å². The van der Waals surface area contributed by atoms with E-state index in [4.69, 9.17) is 27.9 Å². The van der Waals surface area contributed by atoms with Gasteiger partial charge in [0.25, 0.3) is 5.91 Å². The van der Waals surface area contributed by atoms with Crippen molar-refractivity contribution in [2.24, 2.45) is 0 Å². The molecule has 2 rings (SSSR count). The number of carbonyl (C=O) groups is 1. The number of hydrogen-bond donors (Lipinski definition) is 1. The molecule has 0 bridgehead atoms. The van der Waals surface area contributed by atoms with Crippen molar-refractivity contribution in [3.63, 3.8) is 0 Å². The van der Waals surface area contributed by atoms with Crippen LogP contribution in [0.2, 0.25) is 10.0 Å². The first-order valence-corrected chi connectivity index (χ1v) is 11.9. The van der Waals surface area contributed by atoms with Crippen molar-refractivity contribution in [2.45, 2.75) is 44.6 Å². The lowest BCUT2D eigenvalue weighted by molar-refractivity contribution is -0.122. The fourth-order valence-electron chi connectivity index (χ4n) is 2.77. The number of nitrogens with zero attached hydrogens (tertiary/aromatic N) is 1. The van der Waals surface area contributed by atoms with Crippen molar-refractivity contribution in [3.8, 4) is 5.75 Å². The van der Waals surface area contributed by atoms with Crippen molar-refractivity contribution in [1.29, 1.82) is 0 Å². The first kappa shape index (κ1) is 24.5. The Bertz CT molecular complexity index is 959. The number of anilines is 1. The molecule has 2 aromatic rings. The minimum absolute atomic E-state index is 0.194. The molecule has 1 amide bonds. The third kappa shape index (κ3) is 6.35. The van der Waals surface area contributed by atoms with Gasteiger partial charge in [-0.05, 0) is 62.2 Å². The molecule has 9 heteroatoms. The van der Waals surface area contributed by atoms with Crippen LogP contribution in [0, 0.1) is 0 Å². The lowest BCUT2D eigenvalue weighted by Gasteiger charge is -2.21. The molecule has 0 aromatic heterocycles. The molecule has 1 unspecified atom stereocenters. The second-order valence-electron chi connectivity index (χ2n) is 6.75. The topological polar surface area (TPSA) is 75.7 Å².